The number of aromatic nitrogens is 2. The third kappa shape index (κ3) is 7.83. The molecule has 0 aliphatic carbocycles. The van der Waals surface area contributed by atoms with E-state index in [0.717, 1.165) is 30.3 Å². The number of carbonyl (C=O) groups is 1. The summed E-state index contributed by atoms with van der Waals surface area (Å²) in [5, 5.41) is 13.8. The number of nitrogens with one attached hydrogen (secondary N) is 3. The maximum absolute atomic E-state index is 14.0. The predicted molar refractivity (Wildman–Crippen MR) is 175 cm³/mol. The first-order chi connectivity index (χ1) is 21.9. The fourth-order valence-electron chi connectivity index (χ4n) is 5.21. The van der Waals surface area contributed by atoms with Crippen molar-refractivity contribution in [3.05, 3.63) is 106 Å². The first-order valence-electron chi connectivity index (χ1n) is 14.9. The van der Waals surface area contributed by atoms with Crippen LogP contribution in [0.2, 0.25) is 0 Å². The Morgan fingerprint density at radius 2 is 1.80 bits per heavy atom. The zero-order valence-electron chi connectivity index (χ0n) is 26.2. The van der Waals surface area contributed by atoms with Crippen molar-refractivity contribution in [1.29, 1.82) is 5.41 Å². The normalized spacial score (nSPS) is 14.0. The number of alkyl halides is 3. The van der Waals surface area contributed by atoms with Gasteiger partial charge in [0.15, 0.2) is 5.65 Å². The molecule has 2 aromatic carbocycles. The second kappa shape index (κ2) is 13.6. The van der Waals surface area contributed by atoms with Gasteiger partial charge in [-0.15, -0.1) is 0 Å². The van der Waals surface area contributed by atoms with Crippen LogP contribution >= 0.6 is 0 Å². The second-order valence-corrected chi connectivity index (χ2v) is 11.7. The molecular formula is C35H36F3N7O. The summed E-state index contributed by atoms with van der Waals surface area (Å²) in [6.07, 6.45) is 0.621. The van der Waals surface area contributed by atoms with E-state index in [9.17, 15) is 18.0 Å². The van der Waals surface area contributed by atoms with Crippen LogP contribution in [0.25, 0.3) is 5.65 Å². The Balaban J connectivity index is 1.34. The van der Waals surface area contributed by atoms with Crippen LogP contribution < -0.4 is 10.6 Å². The molecule has 1 saturated heterocycles. The minimum atomic E-state index is -4.56. The van der Waals surface area contributed by atoms with Crippen LogP contribution in [-0.4, -0.2) is 64.2 Å². The van der Waals surface area contributed by atoms with Crippen LogP contribution in [-0.2, 0) is 12.7 Å². The van der Waals surface area contributed by atoms with Crippen LogP contribution in [0.5, 0.6) is 0 Å². The maximum Gasteiger partial charge on any atom is 0.416 e. The number of rotatable bonds is 6. The Morgan fingerprint density at radius 3 is 2.52 bits per heavy atom. The molecule has 0 radical (unpaired) electrons. The minimum Gasteiger partial charge on any atom is -0.338 e. The number of carbonyl (C=O) groups excluding carboxylic acids is 1. The van der Waals surface area contributed by atoms with Gasteiger partial charge < -0.3 is 15.5 Å². The highest BCUT2D eigenvalue weighted by atomic mass is 19.4. The summed E-state index contributed by atoms with van der Waals surface area (Å²) in [5.41, 5.74) is 4.08. The van der Waals surface area contributed by atoms with Crippen LogP contribution in [0.1, 0.15) is 52.2 Å². The number of likely N-dealkylation sites (N-methyl/N-ethyl adjacent to an activating group) is 1. The molecule has 11 heteroatoms. The summed E-state index contributed by atoms with van der Waals surface area (Å²) >= 11 is 0. The SMILES string of the molecule is CC(C)=CC(=N)Nc1cccn2c(C#Cc3cc(C(=O)Nc4ccc(CN5CCN(C)CC5)c(C(F)(F)F)c4)ccc3C)cnc12. The standard InChI is InChI=1S/C35H36F3N7O/c1-23(2)18-32(39)42-31-6-5-13-45-29(21-40-33(31)45)12-10-25-19-26(8-7-24(25)3)34(46)41-28-11-9-27(30(20-28)35(36,37)38)22-44-16-14-43(4)15-17-44/h5-9,11,13,18-21H,14-17,22H2,1-4H3,(H2,39,42)(H,41,46). The highest BCUT2D eigenvalue weighted by Crippen LogP contribution is 2.35. The van der Waals surface area contributed by atoms with E-state index in [0.29, 0.717) is 35.7 Å². The number of imidazole rings is 1. The lowest BCUT2D eigenvalue weighted by Crippen LogP contribution is -2.44. The number of amidine groups is 1. The van der Waals surface area contributed by atoms with Gasteiger partial charge >= 0.3 is 6.18 Å². The zero-order chi connectivity index (χ0) is 33.0. The van der Waals surface area contributed by atoms with Crippen molar-refractivity contribution in [2.24, 2.45) is 0 Å². The van der Waals surface area contributed by atoms with Crippen LogP contribution in [0, 0.1) is 24.2 Å². The van der Waals surface area contributed by atoms with E-state index in [1.54, 1.807) is 30.5 Å². The van der Waals surface area contributed by atoms with Gasteiger partial charge in [0.25, 0.3) is 5.91 Å². The average Bonchev–Trinajstić information content (AvgIpc) is 3.41. The van der Waals surface area contributed by atoms with Crippen molar-refractivity contribution in [2.75, 3.05) is 43.9 Å². The zero-order valence-corrected chi connectivity index (χ0v) is 26.2. The molecule has 1 aliphatic heterocycles. The molecule has 3 N–H and O–H groups in total. The van der Waals surface area contributed by atoms with Crippen LogP contribution in [0.4, 0.5) is 24.5 Å². The molecule has 2 aromatic heterocycles. The topological polar surface area (TPSA) is 88.8 Å². The lowest BCUT2D eigenvalue weighted by molar-refractivity contribution is -0.138. The average molecular weight is 628 g/mol. The summed E-state index contributed by atoms with van der Waals surface area (Å²) in [6.45, 7) is 8.89. The second-order valence-electron chi connectivity index (χ2n) is 11.7. The smallest absolute Gasteiger partial charge is 0.338 e. The number of anilines is 2. The molecule has 238 valence electrons. The fraction of sp³-hybridized carbons (Fsp3) is 0.286. The highest BCUT2D eigenvalue weighted by molar-refractivity contribution is 6.05. The van der Waals surface area contributed by atoms with E-state index < -0.39 is 17.6 Å². The lowest BCUT2D eigenvalue weighted by Gasteiger charge is -2.33. The highest BCUT2D eigenvalue weighted by Gasteiger charge is 2.34. The van der Waals surface area contributed by atoms with E-state index in [2.05, 4.69) is 32.4 Å². The first kappa shape index (κ1) is 32.5. The van der Waals surface area contributed by atoms with Crippen molar-refractivity contribution in [2.45, 2.75) is 33.5 Å². The maximum atomic E-state index is 14.0. The summed E-state index contributed by atoms with van der Waals surface area (Å²) in [4.78, 5) is 21.8. The van der Waals surface area contributed by atoms with Gasteiger partial charge in [-0.2, -0.15) is 13.2 Å². The quantitative estimate of drug-likeness (QED) is 0.131. The minimum absolute atomic E-state index is 0.0699. The van der Waals surface area contributed by atoms with E-state index in [1.807, 2.05) is 55.4 Å². The van der Waals surface area contributed by atoms with Crippen molar-refractivity contribution >= 4 is 28.8 Å². The third-order valence-electron chi connectivity index (χ3n) is 7.73. The van der Waals surface area contributed by atoms with E-state index in [4.69, 9.17) is 5.41 Å². The molecule has 0 unspecified atom stereocenters. The van der Waals surface area contributed by atoms with E-state index in [1.165, 1.54) is 12.1 Å². The van der Waals surface area contributed by atoms with Gasteiger partial charge in [-0.3, -0.25) is 19.5 Å². The summed E-state index contributed by atoms with van der Waals surface area (Å²) in [6, 6.07) is 12.6. The number of benzene rings is 2. The Kier molecular flexibility index (Phi) is 9.60. The summed E-state index contributed by atoms with van der Waals surface area (Å²) < 4.78 is 44.0. The Labute approximate surface area is 266 Å². The molecule has 8 nitrogen and oxygen atoms in total. The monoisotopic (exact) mass is 627 g/mol. The number of piperazine rings is 1. The van der Waals surface area contributed by atoms with Crippen molar-refractivity contribution in [3.63, 3.8) is 0 Å². The molecule has 1 fully saturated rings. The van der Waals surface area contributed by atoms with Gasteiger partial charge in [-0.05, 0) is 87.3 Å². The van der Waals surface area contributed by atoms with Gasteiger partial charge in [0.05, 0.1) is 17.4 Å². The largest absolute Gasteiger partial charge is 0.416 e. The van der Waals surface area contributed by atoms with Crippen molar-refractivity contribution < 1.29 is 18.0 Å². The number of hydrogen-bond donors (Lipinski definition) is 3. The number of allylic oxidation sites excluding steroid dienone is 1. The Bertz CT molecular complexity index is 1870. The number of pyridine rings is 1. The molecule has 46 heavy (non-hydrogen) atoms. The third-order valence-corrected chi connectivity index (χ3v) is 7.73. The van der Waals surface area contributed by atoms with Crippen LogP contribution in [0.15, 0.2) is 72.6 Å². The number of amides is 1. The van der Waals surface area contributed by atoms with E-state index in [-0.39, 0.29) is 29.2 Å². The van der Waals surface area contributed by atoms with Crippen molar-refractivity contribution in [1.82, 2.24) is 19.2 Å². The molecule has 1 amide bonds. The number of halogens is 3. The molecule has 1 aliphatic rings. The lowest BCUT2D eigenvalue weighted by atomic mass is 10.0. The molecule has 5 rings (SSSR count). The fourth-order valence-corrected chi connectivity index (χ4v) is 5.21. The van der Waals surface area contributed by atoms with Gasteiger partial charge in [-0.25, -0.2) is 4.98 Å². The van der Waals surface area contributed by atoms with Crippen molar-refractivity contribution in [3.8, 4) is 11.8 Å². The summed E-state index contributed by atoms with van der Waals surface area (Å²) in [5.74, 6) is 5.93. The molecule has 0 spiro atoms. The van der Waals surface area contributed by atoms with Crippen LogP contribution in [0.3, 0.4) is 0 Å². The van der Waals surface area contributed by atoms with Gasteiger partial charge in [0.2, 0.25) is 0 Å². The van der Waals surface area contributed by atoms with E-state index >= 15 is 0 Å². The Morgan fingerprint density at radius 1 is 1.04 bits per heavy atom. The molecular weight excluding hydrogens is 591 g/mol. The van der Waals surface area contributed by atoms with Gasteiger partial charge in [-0.1, -0.05) is 23.6 Å². The summed E-state index contributed by atoms with van der Waals surface area (Å²) in [7, 11) is 2.00. The number of aryl methyl sites for hydroxylation is 1. The van der Waals surface area contributed by atoms with Gasteiger partial charge in [0.1, 0.15) is 11.5 Å². The Hall–Kier alpha value is -4.92. The molecule has 0 atom stereocenters. The molecule has 0 saturated carbocycles. The number of hydrogen-bond acceptors (Lipinski definition) is 5. The predicted octanol–water partition coefficient (Wildman–Crippen LogP) is 6.42. The molecule has 3 heterocycles. The number of nitrogens with zero attached hydrogens (tertiary/aromatic N) is 4. The molecule has 0 bridgehead atoms. The molecule has 4 aromatic rings. The number of fused-ring (bicyclic) bond motifs is 1. The first-order valence-corrected chi connectivity index (χ1v) is 14.9. The van der Waals surface area contributed by atoms with Gasteiger partial charge in [0, 0.05) is 55.7 Å².